The first kappa shape index (κ1) is 19.8. The van der Waals surface area contributed by atoms with Crippen molar-refractivity contribution in [3.8, 4) is 0 Å². The van der Waals surface area contributed by atoms with Crippen LogP contribution in [0, 0.1) is 0 Å². The summed E-state index contributed by atoms with van der Waals surface area (Å²) in [4.78, 5) is 26.5. The highest BCUT2D eigenvalue weighted by atomic mass is 32.2. The van der Waals surface area contributed by atoms with Crippen molar-refractivity contribution >= 4 is 29.2 Å². The number of piperazine rings is 1. The number of carbonyl (C=O) groups is 1. The molecule has 2 aromatic carbocycles. The molecule has 1 fully saturated rings. The van der Waals surface area contributed by atoms with Crippen LogP contribution in [-0.2, 0) is 6.54 Å². The molecule has 3 aromatic rings. The van der Waals surface area contributed by atoms with Gasteiger partial charge in [0.1, 0.15) is 5.84 Å². The van der Waals surface area contributed by atoms with Crippen molar-refractivity contribution in [2.75, 3.05) is 26.2 Å². The average Bonchev–Trinajstić information content (AvgIpc) is 3.00. The number of aromatic nitrogens is 1. The lowest BCUT2D eigenvalue weighted by Gasteiger charge is -2.30. The van der Waals surface area contributed by atoms with Crippen LogP contribution in [0.4, 0.5) is 5.69 Å². The van der Waals surface area contributed by atoms with Gasteiger partial charge in [0.2, 0.25) is 0 Å². The topological polar surface area (TPSA) is 69.6 Å². The summed E-state index contributed by atoms with van der Waals surface area (Å²) in [6, 6.07) is 18.0. The lowest BCUT2D eigenvalue weighted by Crippen LogP contribution is -2.46. The molecule has 1 aromatic heterocycles. The fraction of sp³-hybridized carbons (Fsp3) is 0.208. The zero-order valence-corrected chi connectivity index (χ0v) is 17.9. The predicted octanol–water partition coefficient (Wildman–Crippen LogP) is 3.46. The Morgan fingerprint density at radius 1 is 1.03 bits per heavy atom. The Bertz CT molecular complexity index is 1130. The Balaban J connectivity index is 1.46. The quantitative estimate of drug-likeness (QED) is 0.667. The highest BCUT2D eigenvalue weighted by Gasteiger charge is 2.23. The normalized spacial score (nSPS) is 15.4. The maximum atomic E-state index is 12.8. The number of amides is 1. The number of nitrogens with one attached hydrogen (secondary N) is 2. The van der Waals surface area contributed by atoms with E-state index in [4.69, 9.17) is 4.99 Å². The van der Waals surface area contributed by atoms with E-state index in [1.807, 2.05) is 30.3 Å². The summed E-state index contributed by atoms with van der Waals surface area (Å²) in [6.07, 6.45) is 3.45. The Morgan fingerprint density at radius 3 is 2.68 bits per heavy atom. The molecule has 1 saturated heterocycles. The van der Waals surface area contributed by atoms with Crippen molar-refractivity contribution in [2.45, 2.75) is 16.3 Å². The summed E-state index contributed by atoms with van der Waals surface area (Å²) >= 11 is 1.71. The van der Waals surface area contributed by atoms with Gasteiger partial charge < -0.3 is 15.5 Å². The zero-order valence-electron chi connectivity index (χ0n) is 17.0. The third kappa shape index (κ3) is 4.33. The molecule has 0 saturated carbocycles. The Labute approximate surface area is 185 Å². The number of aliphatic imine (C=N–C) groups is 1. The largest absolute Gasteiger partial charge is 0.354 e. The standard InChI is InChI=1S/C24H23N5OS/c30-24(27-16-17-7-9-25-10-8-17)18-5-6-22-20(15-18)28-23(29-13-11-26-12-14-29)19-3-1-2-4-21(19)31-22/h1-10,15,26H,11-14,16H2,(H,27,30). The van der Waals surface area contributed by atoms with Crippen LogP contribution < -0.4 is 10.6 Å². The Hall–Kier alpha value is -3.16. The molecule has 0 radical (unpaired) electrons. The summed E-state index contributed by atoms with van der Waals surface area (Å²) in [5.41, 5.74) is 3.62. The highest BCUT2D eigenvalue weighted by Crippen LogP contribution is 2.41. The molecule has 0 aliphatic carbocycles. The monoisotopic (exact) mass is 429 g/mol. The summed E-state index contributed by atoms with van der Waals surface area (Å²) in [5.74, 6) is 0.878. The molecule has 3 heterocycles. The Morgan fingerprint density at radius 2 is 1.84 bits per heavy atom. The molecule has 0 unspecified atom stereocenters. The average molecular weight is 430 g/mol. The van der Waals surface area contributed by atoms with Crippen LogP contribution in [0.2, 0.25) is 0 Å². The Kier molecular flexibility index (Phi) is 5.69. The van der Waals surface area contributed by atoms with Crippen molar-refractivity contribution in [3.05, 3.63) is 83.7 Å². The molecule has 2 aliphatic rings. The van der Waals surface area contributed by atoms with Crippen molar-refractivity contribution in [3.63, 3.8) is 0 Å². The molecule has 6 nitrogen and oxygen atoms in total. The molecule has 0 atom stereocenters. The predicted molar refractivity (Wildman–Crippen MR) is 123 cm³/mol. The number of amidine groups is 1. The van der Waals surface area contributed by atoms with E-state index in [0.717, 1.165) is 53.7 Å². The van der Waals surface area contributed by atoms with Crippen LogP contribution in [-0.4, -0.2) is 47.8 Å². The smallest absolute Gasteiger partial charge is 0.251 e. The molecular weight excluding hydrogens is 406 g/mol. The van der Waals surface area contributed by atoms with Crippen LogP contribution in [0.5, 0.6) is 0 Å². The lowest BCUT2D eigenvalue weighted by atomic mass is 10.1. The molecule has 2 aliphatic heterocycles. The van der Waals surface area contributed by atoms with E-state index in [0.29, 0.717) is 12.1 Å². The maximum absolute atomic E-state index is 12.8. The van der Waals surface area contributed by atoms with Crippen LogP contribution in [0.1, 0.15) is 21.5 Å². The van der Waals surface area contributed by atoms with E-state index in [-0.39, 0.29) is 5.91 Å². The first-order valence-corrected chi connectivity index (χ1v) is 11.2. The van der Waals surface area contributed by atoms with Gasteiger partial charge in [0.15, 0.2) is 0 Å². The number of rotatable bonds is 3. The molecule has 156 valence electrons. The van der Waals surface area contributed by atoms with Gasteiger partial charge >= 0.3 is 0 Å². The van der Waals surface area contributed by atoms with Gasteiger partial charge in [-0.3, -0.25) is 9.78 Å². The maximum Gasteiger partial charge on any atom is 0.251 e. The van der Waals surface area contributed by atoms with Gasteiger partial charge in [0.25, 0.3) is 5.91 Å². The van der Waals surface area contributed by atoms with Gasteiger partial charge in [-0.05, 0) is 42.0 Å². The minimum atomic E-state index is -0.106. The van der Waals surface area contributed by atoms with Gasteiger partial charge in [-0.2, -0.15) is 0 Å². The van der Waals surface area contributed by atoms with Gasteiger partial charge in [0.05, 0.1) is 5.69 Å². The van der Waals surface area contributed by atoms with Crippen molar-refractivity contribution in [1.82, 2.24) is 20.5 Å². The van der Waals surface area contributed by atoms with E-state index >= 15 is 0 Å². The van der Waals surface area contributed by atoms with E-state index in [2.05, 4.69) is 44.8 Å². The second kappa shape index (κ2) is 8.91. The second-order valence-electron chi connectivity index (χ2n) is 7.49. The molecule has 0 bridgehead atoms. The van der Waals surface area contributed by atoms with E-state index in [1.54, 1.807) is 24.2 Å². The number of nitrogens with zero attached hydrogens (tertiary/aromatic N) is 3. The number of hydrogen-bond donors (Lipinski definition) is 2. The molecular formula is C24H23N5OS. The summed E-state index contributed by atoms with van der Waals surface area (Å²) < 4.78 is 0. The fourth-order valence-electron chi connectivity index (χ4n) is 3.77. The number of fused-ring (bicyclic) bond motifs is 2. The molecule has 7 heteroatoms. The van der Waals surface area contributed by atoms with Crippen molar-refractivity contribution in [2.24, 2.45) is 4.99 Å². The van der Waals surface area contributed by atoms with Gasteiger partial charge in [-0.25, -0.2) is 4.99 Å². The van der Waals surface area contributed by atoms with E-state index < -0.39 is 0 Å². The first-order chi connectivity index (χ1) is 15.3. The minimum Gasteiger partial charge on any atom is -0.354 e. The first-order valence-electron chi connectivity index (χ1n) is 10.4. The van der Waals surface area contributed by atoms with Crippen LogP contribution in [0.15, 0.2) is 81.8 Å². The molecule has 1 amide bonds. The van der Waals surface area contributed by atoms with Gasteiger partial charge in [-0.15, -0.1) is 0 Å². The third-order valence-corrected chi connectivity index (χ3v) is 6.56. The summed E-state index contributed by atoms with van der Waals surface area (Å²) in [7, 11) is 0. The van der Waals surface area contributed by atoms with Crippen LogP contribution >= 0.6 is 11.8 Å². The fourth-order valence-corrected chi connectivity index (χ4v) is 4.77. The van der Waals surface area contributed by atoms with Crippen LogP contribution in [0.25, 0.3) is 0 Å². The molecule has 5 rings (SSSR count). The number of hydrogen-bond acceptors (Lipinski definition) is 6. The van der Waals surface area contributed by atoms with Gasteiger partial charge in [-0.1, -0.05) is 30.0 Å². The molecule has 2 N–H and O–H groups in total. The number of carbonyl (C=O) groups excluding carboxylic acids is 1. The highest BCUT2D eigenvalue weighted by molar-refractivity contribution is 7.99. The zero-order chi connectivity index (χ0) is 21.0. The van der Waals surface area contributed by atoms with E-state index in [9.17, 15) is 4.79 Å². The van der Waals surface area contributed by atoms with E-state index in [1.165, 1.54) is 4.90 Å². The minimum absolute atomic E-state index is 0.106. The molecule has 31 heavy (non-hydrogen) atoms. The van der Waals surface area contributed by atoms with Gasteiger partial charge in [0, 0.05) is 66.0 Å². The summed E-state index contributed by atoms with van der Waals surface area (Å²) in [6.45, 7) is 4.18. The lowest BCUT2D eigenvalue weighted by molar-refractivity contribution is 0.0951. The third-order valence-electron chi connectivity index (χ3n) is 5.41. The second-order valence-corrected chi connectivity index (χ2v) is 8.58. The van der Waals surface area contributed by atoms with Crippen molar-refractivity contribution in [1.29, 1.82) is 0 Å². The number of pyridine rings is 1. The SMILES string of the molecule is O=C(NCc1ccncc1)c1ccc2c(c1)N=C(N1CCNCC1)c1ccccc1S2. The van der Waals surface area contributed by atoms with Crippen molar-refractivity contribution < 1.29 is 4.79 Å². The summed E-state index contributed by atoms with van der Waals surface area (Å²) in [5, 5.41) is 6.39. The van der Waals surface area contributed by atoms with Crippen LogP contribution in [0.3, 0.4) is 0 Å². The number of benzene rings is 2. The molecule has 0 spiro atoms.